The Labute approximate surface area is 110 Å². The normalized spacial score (nSPS) is 16.6. The van der Waals surface area contributed by atoms with Crippen LogP contribution in [0.3, 0.4) is 0 Å². The van der Waals surface area contributed by atoms with Crippen LogP contribution in [0.15, 0.2) is 18.2 Å². The molecule has 0 N–H and O–H groups in total. The zero-order valence-electron chi connectivity index (χ0n) is 10.9. The molecule has 19 heavy (non-hydrogen) atoms. The number of rotatable bonds is 3. The second kappa shape index (κ2) is 4.05. The summed E-state index contributed by atoms with van der Waals surface area (Å²) in [4.78, 5) is 16.3. The highest BCUT2D eigenvalue weighted by Crippen LogP contribution is 2.49. The summed E-state index contributed by atoms with van der Waals surface area (Å²) >= 11 is 0. The number of aryl methyl sites for hydroxylation is 1. The molecule has 5 heteroatoms. The smallest absolute Gasteiger partial charge is 0.319 e. The van der Waals surface area contributed by atoms with Gasteiger partial charge in [0.05, 0.1) is 12.6 Å². The molecule has 2 aromatic rings. The van der Waals surface area contributed by atoms with Crippen LogP contribution in [-0.2, 0) is 21.5 Å². The highest BCUT2D eigenvalue weighted by atomic mass is 19.1. The Hall–Kier alpha value is -1.91. The first-order valence-electron chi connectivity index (χ1n) is 6.37. The van der Waals surface area contributed by atoms with E-state index in [4.69, 9.17) is 4.74 Å². The second-order valence-electron chi connectivity index (χ2n) is 4.86. The minimum atomic E-state index is -0.670. The number of halogens is 1. The van der Waals surface area contributed by atoms with Gasteiger partial charge in [-0.25, -0.2) is 9.37 Å². The third-order valence-corrected chi connectivity index (χ3v) is 3.80. The first kappa shape index (κ1) is 12.1. The molecule has 0 atom stereocenters. The summed E-state index contributed by atoms with van der Waals surface area (Å²) in [5.74, 6) is -0.00789. The first-order chi connectivity index (χ1) is 9.14. The van der Waals surface area contributed by atoms with Gasteiger partial charge in [0.2, 0.25) is 0 Å². The lowest BCUT2D eigenvalue weighted by Gasteiger charge is -2.14. The van der Waals surface area contributed by atoms with Crippen LogP contribution in [0.25, 0.3) is 11.0 Å². The van der Waals surface area contributed by atoms with E-state index >= 15 is 0 Å². The standard InChI is InChI=1S/C14H15FN2O2/c1-3-17-10-6-4-5-9(15)11(10)16-12(17)14(7-8-14)13(18)19-2/h4-6H,3,7-8H2,1-2H3. The molecule has 1 fully saturated rings. The third kappa shape index (κ3) is 1.57. The van der Waals surface area contributed by atoms with Gasteiger partial charge in [0.25, 0.3) is 0 Å². The Morgan fingerprint density at radius 2 is 2.26 bits per heavy atom. The number of hydrogen-bond donors (Lipinski definition) is 0. The molecular weight excluding hydrogens is 247 g/mol. The Morgan fingerprint density at radius 1 is 1.53 bits per heavy atom. The van der Waals surface area contributed by atoms with Gasteiger partial charge in [-0.2, -0.15) is 0 Å². The lowest BCUT2D eigenvalue weighted by atomic mass is 10.1. The maximum atomic E-state index is 13.8. The molecule has 3 rings (SSSR count). The Bertz CT molecular complexity index is 659. The summed E-state index contributed by atoms with van der Waals surface area (Å²) in [6, 6.07) is 4.87. The predicted molar refractivity (Wildman–Crippen MR) is 68.3 cm³/mol. The number of fused-ring (bicyclic) bond motifs is 1. The lowest BCUT2D eigenvalue weighted by molar-refractivity contribution is -0.144. The largest absolute Gasteiger partial charge is 0.468 e. The van der Waals surface area contributed by atoms with E-state index in [2.05, 4.69) is 4.98 Å². The molecule has 0 spiro atoms. The van der Waals surface area contributed by atoms with E-state index in [0.29, 0.717) is 30.7 Å². The number of esters is 1. The molecule has 1 heterocycles. The maximum absolute atomic E-state index is 13.8. The Kier molecular flexibility index (Phi) is 2.59. The summed E-state index contributed by atoms with van der Waals surface area (Å²) in [6.07, 6.45) is 1.43. The maximum Gasteiger partial charge on any atom is 0.319 e. The summed E-state index contributed by atoms with van der Waals surface area (Å²) < 4.78 is 20.6. The molecule has 0 amide bonds. The van der Waals surface area contributed by atoms with Crippen molar-refractivity contribution < 1.29 is 13.9 Å². The summed E-state index contributed by atoms with van der Waals surface area (Å²) in [5.41, 5.74) is 0.387. The van der Waals surface area contributed by atoms with E-state index < -0.39 is 5.41 Å². The van der Waals surface area contributed by atoms with Crippen molar-refractivity contribution in [2.24, 2.45) is 0 Å². The molecule has 0 saturated heterocycles. The van der Waals surface area contributed by atoms with Gasteiger partial charge in [0, 0.05) is 6.54 Å². The summed E-state index contributed by atoms with van der Waals surface area (Å²) in [7, 11) is 1.38. The van der Waals surface area contributed by atoms with Crippen LogP contribution in [0.2, 0.25) is 0 Å². The number of carbonyl (C=O) groups excluding carboxylic acids is 1. The van der Waals surface area contributed by atoms with Crippen LogP contribution in [0.1, 0.15) is 25.6 Å². The number of imidazole rings is 1. The highest BCUT2D eigenvalue weighted by molar-refractivity contribution is 5.87. The van der Waals surface area contributed by atoms with Gasteiger partial charge >= 0.3 is 5.97 Å². The Morgan fingerprint density at radius 3 is 2.84 bits per heavy atom. The average Bonchev–Trinajstić information content (AvgIpc) is 3.14. The fourth-order valence-electron chi connectivity index (χ4n) is 2.64. The molecule has 1 aromatic carbocycles. The van der Waals surface area contributed by atoms with Crippen molar-refractivity contribution in [2.45, 2.75) is 31.7 Å². The first-order valence-corrected chi connectivity index (χ1v) is 6.37. The van der Waals surface area contributed by atoms with Crippen LogP contribution in [0.5, 0.6) is 0 Å². The van der Waals surface area contributed by atoms with Crippen molar-refractivity contribution in [1.29, 1.82) is 0 Å². The summed E-state index contributed by atoms with van der Waals surface area (Å²) in [5, 5.41) is 0. The van der Waals surface area contributed by atoms with Gasteiger partial charge in [-0.15, -0.1) is 0 Å². The molecule has 0 bridgehead atoms. The molecule has 1 saturated carbocycles. The van der Waals surface area contributed by atoms with Crippen LogP contribution in [0, 0.1) is 5.82 Å². The molecule has 1 aliphatic rings. The minimum Gasteiger partial charge on any atom is -0.468 e. The number of ether oxygens (including phenoxy) is 1. The summed E-state index contributed by atoms with van der Waals surface area (Å²) in [6.45, 7) is 2.61. The zero-order valence-corrected chi connectivity index (χ0v) is 10.9. The van der Waals surface area contributed by atoms with Gasteiger partial charge in [0.1, 0.15) is 16.8 Å². The second-order valence-corrected chi connectivity index (χ2v) is 4.86. The highest BCUT2D eigenvalue weighted by Gasteiger charge is 2.56. The van der Waals surface area contributed by atoms with E-state index in [1.165, 1.54) is 13.2 Å². The topological polar surface area (TPSA) is 44.1 Å². The molecule has 4 nitrogen and oxygen atoms in total. The van der Waals surface area contributed by atoms with Crippen LogP contribution in [0.4, 0.5) is 4.39 Å². The van der Waals surface area contributed by atoms with Gasteiger partial charge in [-0.1, -0.05) is 6.07 Å². The van der Waals surface area contributed by atoms with Crippen LogP contribution in [-0.4, -0.2) is 22.6 Å². The SMILES string of the molecule is CCn1c(C2(C(=O)OC)CC2)nc2c(F)cccc21. The third-order valence-electron chi connectivity index (χ3n) is 3.80. The van der Waals surface area contributed by atoms with Gasteiger partial charge in [0.15, 0.2) is 5.82 Å². The zero-order chi connectivity index (χ0) is 13.6. The number of aromatic nitrogens is 2. The molecule has 0 radical (unpaired) electrons. The van der Waals surface area contributed by atoms with E-state index in [0.717, 1.165) is 5.52 Å². The molecule has 1 aliphatic carbocycles. The van der Waals surface area contributed by atoms with Gasteiger partial charge < -0.3 is 9.30 Å². The minimum absolute atomic E-state index is 0.280. The van der Waals surface area contributed by atoms with E-state index in [1.807, 2.05) is 17.6 Å². The number of methoxy groups -OCH3 is 1. The molecule has 100 valence electrons. The average molecular weight is 262 g/mol. The number of nitrogens with zero attached hydrogens (tertiary/aromatic N) is 2. The van der Waals surface area contributed by atoms with Crippen molar-refractivity contribution in [2.75, 3.05) is 7.11 Å². The van der Waals surface area contributed by atoms with E-state index in [-0.39, 0.29) is 11.8 Å². The van der Waals surface area contributed by atoms with Gasteiger partial charge in [-0.3, -0.25) is 4.79 Å². The van der Waals surface area contributed by atoms with E-state index in [9.17, 15) is 9.18 Å². The van der Waals surface area contributed by atoms with Crippen LogP contribution < -0.4 is 0 Å². The Balaban J connectivity index is 2.25. The van der Waals surface area contributed by atoms with Gasteiger partial charge in [-0.05, 0) is 31.9 Å². The number of benzene rings is 1. The van der Waals surface area contributed by atoms with Crippen molar-refractivity contribution >= 4 is 17.0 Å². The molecule has 0 aliphatic heterocycles. The van der Waals surface area contributed by atoms with Crippen molar-refractivity contribution in [3.63, 3.8) is 0 Å². The van der Waals surface area contributed by atoms with E-state index in [1.54, 1.807) is 6.07 Å². The van der Waals surface area contributed by atoms with Crippen LogP contribution >= 0.6 is 0 Å². The fourth-order valence-corrected chi connectivity index (χ4v) is 2.64. The quantitative estimate of drug-likeness (QED) is 0.798. The van der Waals surface area contributed by atoms with Crippen molar-refractivity contribution in [3.8, 4) is 0 Å². The van der Waals surface area contributed by atoms with Crippen molar-refractivity contribution in [3.05, 3.63) is 29.8 Å². The fraction of sp³-hybridized carbons (Fsp3) is 0.429. The monoisotopic (exact) mass is 262 g/mol. The molecule has 0 unspecified atom stereocenters. The lowest BCUT2D eigenvalue weighted by Crippen LogP contribution is -2.26. The predicted octanol–water partition coefficient (Wildman–Crippen LogP) is 2.40. The number of para-hydroxylation sites is 1. The number of carbonyl (C=O) groups is 1. The molecular formula is C14H15FN2O2. The number of hydrogen-bond acceptors (Lipinski definition) is 3. The van der Waals surface area contributed by atoms with Crippen molar-refractivity contribution in [1.82, 2.24) is 9.55 Å². The molecule has 1 aromatic heterocycles.